The van der Waals surface area contributed by atoms with Gasteiger partial charge in [0.2, 0.25) is 5.91 Å². The summed E-state index contributed by atoms with van der Waals surface area (Å²) in [6.07, 6.45) is 0.741. The molecule has 0 saturated carbocycles. The van der Waals surface area contributed by atoms with Gasteiger partial charge in [0.05, 0.1) is 16.2 Å². The summed E-state index contributed by atoms with van der Waals surface area (Å²) in [5.74, 6) is -0.289. The van der Waals surface area contributed by atoms with Crippen LogP contribution in [0.2, 0.25) is 0 Å². The predicted molar refractivity (Wildman–Crippen MR) is 113 cm³/mol. The van der Waals surface area contributed by atoms with Crippen LogP contribution in [0.5, 0.6) is 0 Å². The van der Waals surface area contributed by atoms with E-state index in [2.05, 4.69) is 20.9 Å². The fourth-order valence-corrected chi connectivity index (χ4v) is 5.35. The van der Waals surface area contributed by atoms with E-state index in [1.165, 1.54) is 0 Å². The van der Waals surface area contributed by atoms with Crippen molar-refractivity contribution in [2.75, 3.05) is 12.3 Å². The Morgan fingerprint density at radius 3 is 2.68 bits per heavy atom. The molecule has 0 bridgehead atoms. The molecule has 1 amide bonds. The number of aromatic nitrogens is 1. The molecule has 0 aliphatic carbocycles. The number of carbonyl (C=O) groups excluding carboxylic acids is 1. The molecule has 3 aromatic rings. The lowest BCUT2D eigenvalue weighted by Crippen LogP contribution is -2.36. The number of sulfone groups is 1. The standard InChI is InChI=1S/C21H21BrN2O3S/c1-14-5-7-15(8-6-14)28(26,27)12-10-20(25)24-11-9-19-17(13-24)16-3-2-4-18(22)21(16)23-19/h2-8,23H,9-13H2,1H3. The lowest BCUT2D eigenvalue weighted by atomic mass is 10.0. The van der Waals surface area contributed by atoms with E-state index in [1.54, 1.807) is 29.2 Å². The molecule has 146 valence electrons. The first kappa shape index (κ1) is 19.2. The van der Waals surface area contributed by atoms with Gasteiger partial charge in [-0.3, -0.25) is 4.79 Å². The zero-order chi connectivity index (χ0) is 19.9. The number of aromatic amines is 1. The number of rotatable bonds is 4. The van der Waals surface area contributed by atoms with Gasteiger partial charge in [-0.25, -0.2) is 8.42 Å². The fraction of sp³-hybridized carbons (Fsp3) is 0.286. The molecule has 0 fully saturated rings. The van der Waals surface area contributed by atoms with E-state index >= 15 is 0 Å². The molecule has 1 aliphatic heterocycles. The molecule has 0 atom stereocenters. The Morgan fingerprint density at radius 2 is 1.93 bits per heavy atom. The molecule has 1 aromatic heterocycles. The summed E-state index contributed by atoms with van der Waals surface area (Å²) in [4.78, 5) is 18.2. The first-order valence-electron chi connectivity index (χ1n) is 9.20. The maximum Gasteiger partial charge on any atom is 0.223 e. The highest BCUT2D eigenvalue weighted by Crippen LogP contribution is 2.32. The molecular weight excluding hydrogens is 440 g/mol. The number of nitrogens with zero attached hydrogens (tertiary/aromatic N) is 1. The molecule has 0 unspecified atom stereocenters. The molecule has 0 radical (unpaired) electrons. The van der Waals surface area contributed by atoms with Crippen molar-refractivity contribution in [1.82, 2.24) is 9.88 Å². The highest BCUT2D eigenvalue weighted by Gasteiger charge is 2.26. The fourth-order valence-electron chi connectivity index (χ4n) is 3.66. The number of halogens is 1. The Kier molecular flexibility index (Phi) is 5.05. The number of benzene rings is 2. The SMILES string of the molecule is Cc1ccc(S(=O)(=O)CCC(=O)N2CCc3[nH]c4c(Br)cccc4c3C2)cc1. The first-order valence-corrected chi connectivity index (χ1v) is 11.6. The second kappa shape index (κ2) is 7.37. The predicted octanol–water partition coefficient (Wildman–Crippen LogP) is 3.99. The molecular formula is C21H21BrN2O3S. The maximum atomic E-state index is 12.7. The minimum Gasteiger partial charge on any atom is -0.357 e. The largest absolute Gasteiger partial charge is 0.357 e. The molecule has 1 N–H and O–H groups in total. The van der Waals surface area contributed by atoms with E-state index in [0.29, 0.717) is 13.1 Å². The molecule has 0 saturated heterocycles. The van der Waals surface area contributed by atoms with Crippen LogP contribution in [0.15, 0.2) is 51.8 Å². The van der Waals surface area contributed by atoms with Crippen LogP contribution in [0.3, 0.4) is 0 Å². The molecule has 4 rings (SSSR count). The number of nitrogens with one attached hydrogen (secondary N) is 1. The van der Waals surface area contributed by atoms with E-state index < -0.39 is 9.84 Å². The van der Waals surface area contributed by atoms with Gasteiger partial charge in [0, 0.05) is 47.0 Å². The number of fused-ring (bicyclic) bond motifs is 3. The van der Waals surface area contributed by atoms with Gasteiger partial charge in [0.1, 0.15) is 0 Å². The Bertz CT molecular complexity index is 1150. The number of para-hydroxylation sites is 1. The normalized spacial score (nSPS) is 14.3. The van der Waals surface area contributed by atoms with Crippen molar-refractivity contribution >= 4 is 42.6 Å². The van der Waals surface area contributed by atoms with Gasteiger partial charge in [0.15, 0.2) is 9.84 Å². The van der Waals surface area contributed by atoms with Crippen molar-refractivity contribution in [3.8, 4) is 0 Å². The van der Waals surface area contributed by atoms with E-state index in [0.717, 1.165) is 38.6 Å². The van der Waals surface area contributed by atoms with E-state index in [-0.39, 0.29) is 23.0 Å². The summed E-state index contributed by atoms with van der Waals surface area (Å²) in [5, 5.41) is 1.11. The molecule has 2 aromatic carbocycles. The second-order valence-electron chi connectivity index (χ2n) is 7.19. The van der Waals surface area contributed by atoms with Crippen LogP contribution in [0.1, 0.15) is 23.2 Å². The van der Waals surface area contributed by atoms with Crippen LogP contribution in [0.4, 0.5) is 0 Å². The summed E-state index contributed by atoms with van der Waals surface area (Å²) < 4.78 is 26.0. The van der Waals surface area contributed by atoms with Crippen LogP contribution in [0, 0.1) is 6.92 Å². The van der Waals surface area contributed by atoms with Crippen molar-refractivity contribution in [2.45, 2.75) is 31.2 Å². The number of hydrogen-bond donors (Lipinski definition) is 1. The zero-order valence-corrected chi connectivity index (χ0v) is 17.9. The summed E-state index contributed by atoms with van der Waals surface area (Å²) in [5.41, 5.74) is 4.32. The number of H-pyrrole nitrogens is 1. The van der Waals surface area contributed by atoms with E-state index in [4.69, 9.17) is 0 Å². The molecule has 28 heavy (non-hydrogen) atoms. The Morgan fingerprint density at radius 1 is 1.18 bits per heavy atom. The van der Waals surface area contributed by atoms with Crippen LogP contribution in [-0.2, 0) is 27.6 Å². The van der Waals surface area contributed by atoms with Crippen molar-refractivity contribution in [3.05, 3.63) is 63.8 Å². The molecule has 7 heteroatoms. The molecule has 2 heterocycles. The summed E-state index contributed by atoms with van der Waals surface area (Å²) >= 11 is 3.56. The molecule has 1 aliphatic rings. The maximum absolute atomic E-state index is 12.7. The van der Waals surface area contributed by atoms with Gasteiger partial charge in [-0.2, -0.15) is 0 Å². The summed E-state index contributed by atoms with van der Waals surface area (Å²) in [7, 11) is -3.46. The van der Waals surface area contributed by atoms with Crippen LogP contribution < -0.4 is 0 Å². The minimum absolute atomic E-state index is 0.00239. The first-order chi connectivity index (χ1) is 13.3. The Balaban J connectivity index is 1.47. The van der Waals surface area contributed by atoms with Crippen LogP contribution in [-0.4, -0.2) is 36.5 Å². The second-order valence-corrected chi connectivity index (χ2v) is 10.2. The van der Waals surface area contributed by atoms with Crippen LogP contribution in [0.25, 0.3) is 10.9 Å². The smallest absolute Gasteiger partial charge is 0.223 e. The van der Waals surface area contributed by atoms with Crippen molar-refractivity contribution in [2.24, 2.45) is 0 Å². The zero-order valence-electron chi connectivity index (χ0n) is 15.5. The third-order valence-corrected chi connectivity index (χ3v) is 7.67. The summed E-state index contributed by atoms with van der Waals surface area (Å²) in [6, 6.07) is 12.8. The van der Waals surface area contributed by atoms with E-state index in [9.17, 15) is 13.2 Å². The van der Waals surface area contributed by atoms with Gasteiger partial charge in [-0.1, -0.05) is 29.8 Å². The van der Waals surface area contributed by atoms with Gasteiger partial charge in [0.25, 0.3) is 0 Å². The number of hydrogen-bond acceptors (Lipinski definition) is 3. The highest BCUT2D eigenvalue weighted by molar-refractivity contribution is 9.10. The lowest BCUT2D eigenvalue weighted by Gasteiger charge is -2.27. The molecule has 0 spiro atoms. The topological polar surface area (TPSA) is 70.2 Å². The number of aryl methyl sites for hydroxylation is 1. The minimum atomic E-state index is -3.46. The monoisotopic (exact) mass is 460 g/mol. The van der Waals surface area contributed by atoms with Gasteiger partial charge < -0.3 is 9.88 Å². The average molecular weight is 461 g/mol. The molecule has 5 nitrogen and oxygen atoms in total. The number of amides is 1. The third-order valence-electron chi connectivity index (χ3n) is 5.28. The van der Waals surface area contributed by atoms with Gasteiger partial charge in [-0.05, 0) is 41.1 Å². The van der Waals surface area contributed by atoms with Gasteiger partial charge in [-0.15, -0.1) is 0 Å². The van der Waals surface area contributed by atoms with Gasteiger partial charge >= 0.3 is 0 Å². The van der Waals surface area contributed by atoms with Crippen molar-refractivity contribution in [1.29, 1.82) is 0 Å². The Hall–Kier alpha value is -2.12. The van der Waals surface area contributed by atoms with Crippen LogP contribution >= 0.6 is 15.9 Å². The van der Waals surface area contributed by atoms with Crippen molar-refractivity contribution in [3.63, 3.8) is 0 Å². The highest BCUT2D eigenvalue weighted by atomic mass is 79.9. The summed E-state index contributed by atoms with van der Waals surface area (Å²) in [6.45, 7) is 3.02. The Labute approximate surface area is 172 Å². The quantitative estimate of drug-likeness (QED) is 0.639. The lowest BCUT2D eigenvalue weighted by molar-refractivity contribution is -0.131. The third kappa shape index (κ3) is 3.61. The number of carbonyl (C=O) groups is 1. The average Bonchev–Trinajstić information content (AvgIpc) is 3.06. The van der Waals surface area contributed by atoms with E-state index in [1.807, 2.05) is 25.1 Å². The van der Waals surface area contributed by atoms with Crippen molar-refractivity contribution < 1.29 is 13.2 Å².